The molecule has 0 bridgehead atoms. The lowest BCUT2D eigenvalue weighted by Crippen LogP contribution is -2.45. The molecule has 0 aliphatic carbocycles. The number of amides is 2. The Morgan fingerprint density at radius 3 is 2.50 bits per heavy atom. The summed E-state index contributed by atoms with van der Waals surface area (Å²) in [7, 11) is 4.89. The molecule has 0 spiro atoms. The smallest absolute Gasteiger partial charge is 0.227 e. The molecular formula is C28H37N3O5. The summed E-state index contributed by atoms with van der Waals surface area (Å²) in [4.78, 5) is 30.3. The number of likely N-dealkylation sites (tertiary alicyclic amines) is 1. The average molecular weight is 496 g/mol. The fraction of sp³-hybridized carbons (Fsp3) is 0.500. The standard InChI is InChI=1S/C28H37N3O5/c1-34-24-10-4-9-23(17-24)29-27(32)11-14-30-12-5-8-21(18-30)28(33)31-13-6-7-20-15-25(35-2)26(36-3)16-22(20)19-31/h4,9-10,15-17,21H,5-8,11-14,18-19H2,1-3H3,(H,29,32). The Morgan fingerprint density at radius 2 is 1.75 bits per heavy atom. The van der Waals surface area contributed by atoms with Crippen LogP contribution in [0.25, 0.3) is 0 Å². The number of nitrogens with one attached hydrogen (secondary N) is 1. The van der Waals surface area contributed by atoms with Crippen LogP contribution in [0.15, 0.2) is 36.4 Å². The van der Waals surface area contributed by atoms with E-state index in [4.69, 9.17) is 14.2 Å². The van der Waals surface area contributed by atoms with E-state index >= 15 is 0 Å². The van der Waals surface area contributed by atoms with Crippen LogP contribution in [0, 0.1) is 5.92 Å². The van der Waals surface area contributed by atoms with Crippen LogP contribution >= 0.6 is 0 Å². The number of hydrogen-bond acceptors (Lipinski definition) is 6. The first-order valence-electron chi connectivity index (χ1n) is 12.7. The zero-order valence-electron chi connectivity index (χ0n) is 21.5. The number of rotatable bonds is 8. The summed E-state index contributed by atoms with van der Waals surface area (Å²) in [6, 6.07) is 11.4. The van der Waals surface area contributed by atoms with Crippen molar-refractivity contribution in [1.82, 2.24) is 9.80 Å². The van der Waals surface area contributed by atoms with Crippen LogP contribution in [-0.2, 0) is 22.6 Å². The van der Waals surface area contributed by atoms with Gasteiger partial charge in [0.2, 0.25) is 11.8 Å². The Labute approximate surface area is 213 Å². The molecule has 1 N–H and O–H groups in total. The van der Waals surface area contributed by atoms with E-state index in [1.54, 1.807) is 27.4 Å². The topological polar surface area (TPSA) is 80.3 Å². The number of ether oxygens (including phenoxy) is 3. The number of hydrogen-bond donors (Lipinski definition) is 1. The molecule has 8 heteroatoms. The maximum atomic E-state index is 13.5. The predicted molar refractivity (Wildman–Crippen MR) is 139 cm³/mol. The van der Waals surface area contributed by atoms with E-state index in [0.29, 0.717) is 37.6 Å². The van der Waals surface area contributed by atoms with Crippen molar-refractivity contribution in [3.63, 3.8) is 0 Å². The zero-order chi connectivity index (χ0) is 25.5. The highest BCUT2D eigenvalue weighted by Crippen LogP contribution is 2.33. The molecule has 1 fully saturated rings. The van der Waals surface area contributed by atoms with Crippen molar-refractivity contribution in [1.29, 1.82) is 0 Å². The normalized spacial score (nSPS) is 18.1. The van der Waals surface area contributed by atoms with Gasteiger partial charge in [0.1, 0.15) is 5.75 Å². The van der Waals surface area contributed by atoms with Gasteiger partial charge in [-0.3, -0.25) is 9.59 Å². The van der Waals surface area contributed by atoms with Gasteiger partial charge >= 0.3 is 0 Å². The second-order valence-corrected chi connectivity index (χ2v) is 9.51. The zero-order valence-corrected chi connectivity index (χ0v) is 21.5. The highest BCUT2D eigenvalue weighted by Gasteiger charge is 2.31. The van der Waals surface area contributed by atoms with E-state index < -0.39 is 0 Å². The summed E-state index contributed by atoms with van der Waals surface area (Å²) in [5, 5.41) is 2.94. The van der Waals surface area contributed by atoms with E-state index in [-0.39, 0.29) is 17.7 Å². The van der Waals surface area contributed by atoms with Gasteiger partial charge in [-0.2, -0.15) is 0 Å². The van der Waals surface area contributed by atoms with Gasteiger partial charge in [0.25, 0.3) is 0 Å². The fourth-order valence-corrected chi connectivity index (χ4v) is 5.18. The average Bonchev–Trinajstić information content (AvgIpc) is 3.12. The first-order valence-corrected chi connectivity index (χ1v) is 12.7. The van der Waals surface area contributed by atoms with Gasteiger partial charge in [-0.25, -0.2) is 0 Å². The number of fused-ring (bicyclic) bond motifs is 1. The Morgan fingerprint density at radius 1 is 0.972 bits per heavy atom. The van der Waals surface area contributed by atoms with Crippen molar-refractivity contribution in [2.45, 2.75) is 38.6 Å². The molecule has 2 aromatic rings. The van der Waals surface area contributed by atoms with Crippen LogP contribution in [0.2, 0.25) is 0 Å². The monoisotopic (exact) mass is 495 g/mol. The number of methoxy groups -OCH3 is 3. The van der Waals surface area contributed by atoms with Crippen molar-refractivity contribution in [2.75, 3.05) is 52.8 Å². The number of carbonyl (C=O) groups is 2. The molecule has 8 nitrogen and oxygen atoms in total. The van der Waals surface area contributed by atoms with Crippen LogP contribution in [0.3, 0.4) is 0 Å². The van der Waals surface area contributed by atoms with E-state index in [0.717, 1.165) is 55.8 Å². The van der Waals surface area contributed by atoms with Crippen molar-refractivity contribution in [3.8, 4) is 17.2 Å². The van der Waals surface area contributed by atoms with Crippen LogP contribution in [0.4, 0.5) is 5.69 Å². The molecule has 1 unspecified atom stereocenters. The van der Waals surface area contributed by atoms with Crippen molar-refractivity contribution in [2.24, 2.45) is 5.92 Å². The SMILES string of the molecule is COc1cccc(NC(=O)CCN2CCCC(C(=O)N3CCCc4cc(OC)c(OC)cc4C3)C2)c1. The lowest BCUT2D eigenvalue weighted by atomic mass is 9.96. The van der Waals surface area contributed by atoms with Crippen LogP contribution in [-0.4, -0.2) is 69.1 Å². The maximum absolute atomic E-state index is 13.5. The minimum atomic E-state index is -0.0399. The minimum absolute atomic E-state index is 0.0368. The minimum Gasteiger partial charge on any atom is -0.497 e. The van der Waals surface area contributed by atoms with Gasteiger partial charge < -0.3 is 29.3 Å². The number of carbonyl (C=O) groups excluding carboxylic acids is 2. The highest BCUT2D eigenvalue weighted by atomic mass is 16.5. The van der Waals surface area contributed by atoms with Crippen molar-refractivity contribution < 1.29 is 23.8 Å². The Balaban J connectivity index is 1.32. The summed E-state index contributed by atoms with van der Waals surface area (Å²) in [5.41, 5.74) is 3.07. The quantitative estimate of drug-likeness (QED) is 0.601. The van der Waals surface area contributed by atoms with Crippen LogP contribution < -0.4 is 19.5 Å². The summed E-state index contributed by atoms with van der Waals surface area (Å²) in [5.74, 6) is 2.27. The summed E-state index contributed by atoms with van der Waals surface area (Å²) < 4.78 is 16.2. The third kappa shape index (κ3) is 6.29. The third-order valence-corrected chi connectivity index (χ3v) is 7.12. The Kier molecular flexibility index (Phi) is 8.70. The number of nitrogens with zero attached hydrogens (tertiary/aromatic N) is 2. The summed E-state index contributed by atoms with van der Waals surface area (Å²) in [6.45, 7) is 3.58. The maximum Gasteiger partial charge on any atom is 0.227 e. The second-order valence-electron chi connectivity index (χ2n) is 9.51. The lowest BCUT2D eigenvalue weighted by Gasteiger charge is -2.34. The van der Waals surface area contributed by atoms with Crippen molar-refractivity contribution >= 4 is 17.5 Å². The Hall–Kier alpha value is -3.26. The molecule has 0 radical (unpaired) electrons. The number of aryl methyl sites for hydroxylation is 1. The van der Waals surface area contributed by atoms with Gasteiger partial charge in [-0.15, -0.1) is 0 Å². The second kappa shape index (κ2) is 12.1. The van der Waals surface area contributed by atoms with Gasteiger partial charge in [-0.05, 0) is 67.6 Å². The molecule has 36 heavy (non-hydrogen) atoms. The molecule has 2 aliphatic heterocycles. The molecule has 2 aliphatic rings. The molecule has 4 rings (SSSR count). The van der Waals surface area contributed by atoms with Crippen LogP contribution in [0.1, 0.15) is 36.8 Å². The largest absolute Gasteiger partial charge is 0.497 e. The van der Waals surface area contributed by atoms with Gasteiger partial charge in [0.15, 0.2) is 11.5 Å². The molecule has 2 heterocycles. The molecule has 2 aromatic carbocycles. The molecular weight excluding hydrogens is 458 g/mol. The van der Waals surface area contributed by atoms with Crippen LogP contribution in [0.5, 0.6) is 17.2 Å². The molecule has 0 aromatic heterocycles. The van der Waals surface area contributed by atoms with Crippen molar-refractivity contribution in [3.05, 3.63) is 47.5 Å². The lowest BCUT2D eigenvalue weighted by molar-refractivity contribution is -0.138. The number of anilines is 1. The fourth-order valence-electron chi connectivity index (χ4n) is 5.18. The van der Waals surface area contributed by atoms with Gasteiger partial charge in [0.05, 0.1) is 27.2 Å². The molecule has 1 saturated heterocycles. The van der Waals surface area contributed by atoms with E-state index in [1.165, 1.54) is 5.56 Å². The number of piperidine rings is 1. The van der Waals surface area contributed by atoms with Gasteiger partial charge in [0, 0.05) is 44.4 Å². The number of benzene rings is 2. The highest BCUT2D eigenvalue weighted by molar-refractivity contribution is 5.91. The van der Waals surface area contributed by atoms with E-state index in [1.807, 2.05) is 35.2 Å². The predicted octanol–water partition coefficient (Wildman–Crippen LogP) is 3.73. The summed E-state index contributed by atoms with van der Waals surface area (Å²) in [6.07, 6.45) is 4.08. The van der Waals surface area contributed by atoms with E-state index in [9.17, 15) is 9.59 Å². The first kappa shape index (κ1) is 25.8. The first-order chi connectivity index (χ1) is 17.5. The molecule has 194 valence electrons. The molecule has 0 saturated carbocycles. The van der Waals surface area contributed by atoms with E-state index in [2.05, 4.69) is 10.2 Å². The summed E-state index contributed by atoms with van der Waals surface area (Å²) >= 11 is 0. The molecule has 1 atom stereocenters. The Bertz CT molecular complexity index is 1070. The molecule has 2 amide bonds. The third-order valence-electron chi connectivity index (χ3n) is 7.12. The van der Waals surface area contributed by atoms with Gasteiger partial charge in [-0.1, -0.05) is 6.07 Å².